The number of nitrogen functional groups attached to an aromatic ring is 1. The first-order chi connectivity index (χ1) is 18.0. The number of nitro groups is 1. The summed E-state index contributed by atoms with van der Waals surface area (Å²) in [6.45, 7) is 0. The minimum atomic E-state index is -0.797. The molecule has 0 saturated heterocycles. The Morgan fingerprint density at radius 3 is 1.50 bits per heavy atom. The number of benzene rings is 3. The molecule has 0 radical (unpaired) electrons. The zero-order valence-electron chi connectivity index (χ0n) is 19.7. The second-order valence-electron chi connectivity index (χ2n) is 5.92. The van der Waals surface area contributed by atoms with Crippen molar-refractivity contribution in [3.8, 4) is 0 Å². The Hall–Kier alpha value is 1.44. The fraction of sp³-hybridized carbons (Fsp3) is 0.0952. The van der Waals surface area contributed by atoms with E-state index in [0.717, 1.165) is 7.05 Å². The molecular weight excluding hydrogens is 1230 g/mol. The van der Waals surface area contributed by atoms with E-state index in [1.807, 2.05) is 0 Å². The Morgan fingerprint density at radius 1 is 0.833 bits per heavy atom. The smallest absolute Gasteiger partial charge is 0.397 e. The molecule has 0 amide bonds. The molecule has 238 valence electrons. The molecule has 3 rings (SSSR count). The summed E-state index contributed by atoms with van der Waals surface area (Å²) in [6.07, 6.45) is 0. The predicted octanol–water partition coefficient (Wildman–Crippen LogP) is 15.1. The Bertz CT molecular complexity index is 1310. The lowest BCUT2D eigenvalue weighted by molar-refractivity contribution is -0.445. The molecule has 0 spiro atoms. The maximum atomic E-state index is 12.9. The average molecular weight is 1250 g/mol. The summed E-state index contributed by atoms with van der Waals surface area (Å²) < 4.78 is 39.8. The molecule has 0 aliphatic carbocycles. The highest BCUT2D eigenvalue weighted by Crippen LogP contribution is 2.39. The van der Waals surface area contributed by atoms with Crippen LogP contribution in [-0.2, 0) is 0 Å². The maximum Gasteiger partial charge on any atom is 0.420 e. The van der Waals surface area contributed by atoms with Gasteiger partial charge in [-0.05, 0) is 56.1 Å². The van der Waals surface area contributed by atoms with Crippen LogP contribution < -0.4 is 5.73 Å². The van der Waals surface area contributed by atoms with Gasteiger partial charge in [0.15, 0.2) is 34.5 Å². The van der Waals surface area contributed by atoms with Gasteiger partial charge in [-0.15, -0.1) is 24.0 Å². The van der Waals surface area contributed by atoms with Crippen molar-refractivity contribution in [1.82, 2.24) is 0 Å². The zero-order chi connectivity index (χ0) is 31.2. The van der Waals surface area contributed by atoms with E-state index in [4.69, 9.17) is 90.8 Å². The van der Waals surface area contributed by atoms with Gasteiger partial charge in [0.05, 0.1) is 25.8 Å². The van der Waals surface area contributed by atoms with Gasteiger partial charge in [-0.1, -0.05) is 93.0 Å². The summed E-state index contributed by atoms with van der Waals surface area (Å²) in [5.74, 6) is -2.06. The quantitative estimate of drug-likeness (QED) is 0.0354. The first-order valence-corrected chi connectivity index (χ1v) is 19.7. The number of rotatable bonds is 0. The van der Waals surface area contributed by atoms with E-state index in [1.165, 1.54) is 24.3 Å². The number of anilines is 1. The van der Waals surface area contributed by atoms with Crippen LogP contribution in [0.4, 0.5) is 24.5 Å². The van der Waals surface area contributed by atoms with Crippen LogP contribution in [0.5, 0.6) is 0 Å². The number of halogens is 15. The van der Waals surface area contributed by atoms with E-state index in [1.54, 1.807) is 0 Å². The fourth-order valence-corrected chi connectivity index (χ4v) is 5.34. The summed E-state index contributed by atoms with van der Waals surface area (Å²) in [7, 11) is 0.889. The van der Waals surface area contributed by atoms with Gasteiger partial charge in [0.2, 0.25) is 5.39 Å². The Morgan fingerprint density at radius 2 is 1.14 bits per heavy atom. The molecule has 6 nitrogen and oxygen atoms in total. The molecule has 0 unspecified atom stereocenters. The molecule has 0 bridgehead atoms. The minimum absolute atomic E-state index is 0. The topological polar surface area (TPSA) is 97.3 Å². The standard InChI is InChI=1S/C6HBrCl2FN2.C6H3BrCl2FN.C6H2BrCl2F.CH3NO2.CH4.CH3.I2.HI/c7-2-1-3(8)5(10)4(9)6(2)12-11;7-2-1-3(8)5(10)4(9)6(2)11;7-3-1-4(8)6(10)5(9)2-3;1-2(3)4;;;1-2;/h1H;1H,11H2;1-2H;1H3;1H4;1H3;;1H/q+1;;;;;-1;;. The van der Waals surface area contributed by atoms with Crippen molar-refractivity contribution in [2.24, 2.45) is 0 Å². The normalized spacial score (nSPS) is 8.52. The Kier molecular flexibility index (Phi) is 34.7. The van der Waals surface area contributed by atoms with Gasteiger partial charge in [-0.25, -0.2) is 13.2 Å². The van der Waals surface area contributed by atoms with E-state index in [-0.39, 0.29) is 80.3 Å². The first kappa shape index (κ1) is 53.0. The van der Waals surface area contributed by atoms with Crippen LogP contribution in [0.1, 0.15) is 7.43 Å². The van der Waals surface area contributed by atoms with Crippen molar-refractivity contribution in [2.75, 3.05) is 12.8 Å². The van der Waals surface area contributed by atoms with E-state index in [9.17, 15) is 13.2 Å². The molecular formula is C21H17Br3Cl6F3I3N4O2. The van der Waals surface area contributed by atoms with E-state index in [0.29, 0.717) is 13.4 Å². The lowest BCUT2D eigenvalue weighted by Crippen LogP contribution is -1.91. The summed E-state index contributed by atoms with van der Waals surface area (Å²) in [5.41, 5.74) is 5.46. The van der Waals surface area contributed by atoms with Crippen LogP contribution >= 0.6 is 179 Å². The third kappa shape index (κ3) is 19.2. The lowest BCUT2D eigenvalue weighted by Gasteiger charge is -2.03. The van der Waals surface area contributed by atoms with Crippen LogP contribution in [0.2, 0.25) is 30.1 Å². The third-order valence-electron chi connectivity index (χ3n) is 3.29. The molecule has 2 N–H and O–H groups in total. The highest BCUT2D eigenvalue weighted by atomic mass is 128. The van der Waals surface area contributed by atoms with Crippen molar-refractivity contribution in [2.45, 2.75) is 7.43 Å². The molecule has 3 aromatic rings. The largest absolute Gasteiger partial charge is 0.420 e. The molecule has 0 aliphatic rings. The molecule has 3 aromatic carbocycles. The highest BCUT2D eigenvalue weighted by molar-refractivity contribution is 15.0. The zero-order valence-corrected chi connectivity index (χ0v) is 35.7. The SMILES string of the molecule is C.C[N+](=O)[O-].Fc1c(Cl)cc(Br)cc1Cl.I.II.N#[N+]c1c(Br)cc(Cl)c(F)c1Cl.Nc1c(Br)cc(Cl)c(F)c1Cl.[CH3-]. The van der Waals surface area contributed by atoms with Crippen molar-refractivity contribution in [3.05, 3.63) is 108 Å². The summed E-state index contributed by atoms with van der Waals surface area (Å²) >= 11 is 46.1. The van der Waals surface area contributed by atoms with E-state index >= 15 is 0 Å². The van der Waals surface area contributed by atoms with Crippen molar-refractivity contribution in [3.63, 3.8) is 0 Å². The number of hydrogen-bond donors (Lipinski definition) is 1. The van der Waals surface area contributed by atoms with Gasteiger partial charge in [0, 0.05) is 51.1 Å². The fourth-order valence-electron chi connectivity index (χ4n) is 1.75. The maximum absolute atomic E-state index is 12.9. The number of nitrogens with two attached hydrogens (primary N) is 1. The molecule has 0 atom stereocenters. The molecule has 0 saturated carbocycles. The van der Waals surface area contributed by atoms with Gasteiger partial charge >= 0.3 is 5.69 Å². The summed E-state index contributed by atoms with van der Waals surface area (Å²) in [5, 5.41) is 16.6. The van der Waals surface area contributed by atoms with Crippen molar-refractivity contribution < 1.29 is 18.1 Å². The van der Waals surface area contributed by atoms with Crippen LogP contribution in [0.15, 0.2) is 37.7 Å². The summed E-state index contributed by atoms with van der Waals surface area (Å²) in [6, 6.07) is 5.52. The van der Waals surface area contributed by atoms with Crippen LogP contribution in [-0.4, -0.2) is 12.0 Å². The summed E-state index contributed by atoms with van der Waals surface area (Å²) in [4.78, 5) is 11.1. The van der Waals surface area contributed by atoms with Crippen molar-refractivity contribution in [1.29, 1.82) is 5.39 Å². The Labute approximate surface area is 336 Å². The molecule has 0 aromatic heterocycles. The molecule has 0 fully saturated rings. The van der Waals surface area contributed by atoms with Crippen LogP contribution in [0.25, 0.3) is 4.98 Å². The van der Waals surface area contributed by atoms with E-state index in [2.05, 4.69) is 90.0 Å². The second-order valence-corrected chi connectivity index (χ2v) is 10.9. The number of nitrogens with zero attached hydrogens (tertiary/aromatic N) is 3. The predicted molar refractivity (Wildman–Crippen MR) is 211 cm³/mol. The highest BCUT2D eigenvalue weighted by Gasteiger charge is 2.24. The number of hydrogen-bond acceptors (Lipinski definition) is 4. The monoisotopic (exact) mass is 1240 g/mol. The molecule has 42 heavy (non-hydrogen) atoms. The van der Waals surface area contributed by atoms with Crippen LogP contribution in [0.3, 0.4) is 0 Å². The van der Waals surface area contributed by atoms with Gasteiger partial charge in [0.25, 0.3) is 0 Å². The first-order valence-electron chi connectivity index (χ1n) is 8.74. The van der Waals surface area contributed by atoms with Gasteiger partial charge in [-0.2, -0.15) is 0 Å². The number of diazo groups is 1. The minimum Gasteiger partial charge on any atom is -0.397 e. The average Bonchev–Trinajstić information content (AvgIpc) is 2.85. The Balaban J connectivity index is -0.000000144. The third-order valence-corrected chi connectivity index (χ3v) is 6.82. The molecule has 0 aliphatic heterocycles. The lowest BCUT2D eigenvalue weighted by atomic mass is 10.3. The molecule has 0 heterocycles. The molecule has 21 heteroatoms. The van der Waals surface area contributed by atoms with Gasteiger partial charge in [-0.3, -0.25) is 10.1 Å². The van der Waals surface area contributed by atoms with Gasteiger partial charge in [0.1, 0.15) is 9.50 Å². The van der Waals surface area contributed by atoms with Gasteiger partial charge < -0.3 is 13.2 Å². The van der Waals surface area contributed by atoms with Crippen LogP contribution in [0, 0.1) is 40.4 Å². The van der Waals surface area contributed by atoms with Crippen molar-refractivity contribution >= 4 is 190 Å². The second kappa shape index (κ2) is 27.5. The van der Waals surface area contributed by atoms with E-state index < -0.39 is 22.4 Å².